The SMILES string of the molecule is Nc1nc2cc(I)c(F)cc2n1CCC(=O)NC1CC1. The second-order valence-corrected chi connectivity index (χ2v) is 6.13. The maximum absolute atomic E-state index is 13.6. The molecule has 7 heteroatoms. The van der Waals surface area contributed by atoms with E-state index < -0.39 is 0 Å². The number of hydrogen-bond acceptors (Lipinski definition) is 3. The number of hydrogen-bond donors (Lipinski definition) is 2. The highest BCUT2D eigenvalue weighted by atomic mass is 127. The molecule has 0 atom stereocenters. The maximum atomic E-state index is 13.6. The first-order chi connectivity index (χ1) is 9.54. The molecule has 0 saturated heterocycles. The average molecular weight is 388 g/mol. The van der Waals surface area contributed by atoms with Gasteiger partial charge in [-0.05, 0) is 41.5 Å². The van der Waals surface area contributed by atoms with Gasteiger partial charge in [-0.25, -0.2) is 9.37 Å². The summed E-state index contributed by atoms with van der Waals surface area (Å²) in [6.45, 7) is 0.404. The quantitative estimate of drug-likeness (QED) is 0.788. The lowest BCUT2D eigenvalue weighted by Crippen LogP contribution is -2.26. The summed E-state index contributed by atoms with van der Waals surface area (Å²) in [5.74, 6) is 0.00189. The summed E-state index contributed by atoms with van der Waals surface area (Å²) < 4.78 is 15.8. The Morgan fingerprint density at radius 1 is 1.55 bits per heavy atom. The van der Waals surface area contributed by atoms with Crippen molar-refractivity contribution < 1.29 is 9.18 Å². The summed E-state index contributed by atoms with van der Waals surface area (Å²) in [6, 6.07) is 3.42. The minimum absolute atomic E-state index is 0.000247. The predicted molar refractivity (Wildman–Crippen MR) is 82.6 cm³/mol. The minimum Gasteiger partial charge on any atom is -0.369 e. The van der Waals surface area contributed by atoms with Crippen molar-refractivity contribution in [2.75, 3.05) is 5.73 Å². The number of nitrogen functional groups attached to an aromatic ring is 1. The van der Waals surface area contributed by atoms with Crippen LogP contribution < -0.4 is 11.1 Å². The van der Waals surface area contributed by atoms with Crippen molar-refractivity contribution in [1.82, 2.24) is 14.9 Å². The van der Waals surface area contributed by atoms with Crippen LogP contribution in [0.15, 0.2) is 12.1 Å². The molecule has 1 aromatic heterocycles. The van der Waals surface area contributed by atoms with Gasteiger partial charge in [0.2, 0.25) is 11.9 Å². The van der Waals surface area contributed by atoms with Gasteiger partial charge in [0.1, 0.15) is 5.82 Å². The molecule has 1 aliphatic rings. The molecule has 0 unspecified atom stereocenters. The minimum atomic E-state index is -0.304. The van der Waals surface area contributed by atoms with Crippen LogP contribution in [0.25, 0.3) is 11.0 Å². The van der Waals surface area contributed by atoms with Gasteiger partial charge < -0.3 is 15.6 Å². The van der Waals surface area contributed by atoms with Crippen molar-refractivity contribution in [2.45, 2.75) is 31.8 Å². The Balaban J connectivity index is 1.81. The smallest absolute Gasteiger partial charge is 0.222 e. The molecular formula is C13H14FIN4O. The second kappa shape index (κ2) is 5.19. The fraction of sp³-hybridized carbons (Fsp3) is 0.385. The van der Waals surface area contributed by atoms with Gasteiger partial charge in [0.05, 0.1) is 14.6 Å². The third-order valence-electron chi connectivity index (χ3n) is 3.32. The number of carbonyl (C=O) groups is 1. The van der Waals surface area contributed by atoms with Crippen LogP contribution in [0.4, 0.5) is 10.3 Å². The fourth-order valence-electron chi connectivity index (χ4n) is 2.11. The second-order valence-electron chi connectivity index (χ2n) is 4.97. The van der Waals surface area contributed by atoms with Gasteiger partial charge in [0.25, 0.3) is 0 Å². The molecule has 20 heavy (non-hydrogen) atoms. The van der Waals surface area contributed by atoms with Gasteiger partial charge in [-0.3, -0.25) is 4.79 Å². The molecule has 1 saturated carbocycles. The highest BCUT2D eigenvalue weighted by molar-refractivity contribution is 14.1. The Kier molecular flexibility index (Phi) is 3.53. The van der Waals surface area contributed by atoms with E-state index in [0.29, 0.717) is 39.6 Å². The van der Waals surface area contributed by atoms with Crippen LogP contribution in [0.1, 0.15) is 19.3 Å². The zero-order valence-corrected chi connectivity index (χ0v) is 12.9. The first-order valence-electron chi connectivity index (χ1n) is 6.44. The molecule has 0 spiro atoms. The number of benzene rings is 1. The van der Waals surface area contributed by atoms with Crippen molar-refractivity contribution in [1.29, 1.82) is 0 Å². The predicted octanol–water partition coefficient (Wildman–Crippen LogP) is 2.03. The Labute approximate surface area is 128 Å². The van der Waals surface area contributed by atoms with E-state index in [1.54, 1.807) is 10.6 Å². The van der Waals surface area contributed by atoms with Gasteiger partial charge in [0, 0.05) is 25.1 Å². The lowest BCUT2D eigenvalue weighted by molar-refractivity contribution is -0.121. The monoisotopic (exact) mass is 388 g/mol. The number of anilines is 1. The lowest BCUT2D eigenvalue weighted by Gasteiger charge is -2.07. The largest absolute Gasteiger partial charge is 0.369 e. The van der Waals surface area contributed by atoms with Crippen LogP contribution in [-0.2, 0) is 11.3 Å². The zero-order valence-electron chi connectivity index (χ0n) is 10.7. The molecule has 0 radical (unpaired) electrons. The number of imidazole rings is 1. The lowest BCUT2D eigenvalue weighted by atomic mass is 10.3. The number of carbonyl (C=O) groups excluding carboxylic acids is 1. The van der Waals surface area contributed by atoms with E-state index in [9.17, 15) is 9.18 Å². The zero-order chi connectivity index (χ0) is 14.3. The molecule has 0 bridgehead atoms. The summed E-state index contributed by atoms with van der Waals surface area (Å²) in [5, 5.41) is 2.92. The van der Waals surface area contributed by atoms with E-state index >= 15 is 0 Å². The molecule has 3 N–H and O–H groups in total. The molecular weight excluding hydrogens is 374 g/mol. The van der Waals surface area contributed by atoms with Crippen LogP contribution in [0.2, 0.25) is 0 Å². The first kappa shape index (κ1) is 13.6. The summed E-state index contributed by atoms with van der Waals surface area (Å²) in [7, 11) is 0. The molecule has 0 aliphatic heterocycles. The first-order valence-corrected chi connectivity index (χ1v) is 7.52. The third kappa shape index (κ3) is 2.72. The number of nitrogens with two attached hydrogens (primary N) is 1. The van der Waals surface area contributed by atoms with E-state index in [-0.39, 0.29) is 11.7 Å². The van der Waals surface area contributed by atoms with Gasteiger partial charge in [-0.2, -0.15) is 0 Å². The normalized spacial score (nSPS) is 14.7. The van der Waals surface area contributed by atoms with E-state index in [1.807, 2.05) is 22.6 Å². The number of amides is 1. The van der Waals surface area contributed by atoms with Crippen LogP contribution in [0, 0.1) is 9.39 Å². The van der Waals surface area contributed by atoms with Crippen molar-refractivity contribution in [2.24, 2.45) is 0 Å². The van der Waals surface area contributed by atoms with E-state index in [0.717, 1.165) is 12.8 Å². The van der Waals surface area contributed by atoms with Crippen molar-refractivity contribution in [3.05, 3.63) is 21.5 Å². The summed E-state index contributed by atoms with van der Waals surface area (Å²) >= 11 is 1.92. The van der Waals surface area contributed by atoms with Crippen molar-refractivity contribution >= 4 is 45.5 Å². The molecule has 5 nitrogen and oxygen atoms in total. The standard InChI is InChI=1S/C13H14FIN4O/c14-8-5-11-10(6-9(8)15)18-13(16)19(11)4-3-12(20)17-7-1-2-7/h5-7H,1-4H2,(H2,16,18)(H,17,20). The highest BCUT2D eigenvalue weighted by Gasteiger charge is 2.23. The molecule has 1 fully saturated rings. The van der Waals surface area contributed by atoms with Crippen LogP contribution >= 0.6 is 22.6 Å². The highest BCUT2D eigenvalue weighted by Crippen LogP contribution is 2.23. The molecule has 1 heterocycles. The van der Waals surface area contributed by atoms with Crippen molar-refractivity contribution in [3.63, 3.8) is 0 Å². The third-order valence-corrected chi connectivity index (χ3v) is 4.15. The molecule has 106 valence electrons. The fourth-order valence-corrected chi connectivity index (χ4v) is 2.57. The number of nitrogens with zero attached hydrogens (tertiary/aromatic N) is 2. The van der Waals surface area contributed by atoms with Crippen LogP contribution in [0.5, 0.6) is 0 Å². The van der Waals surface area contributed by atoms with E-state index in [1.165, 1.54) is 6.07 Å². The average Bonchev–Trinajstić information content (AvgIpc) is 3.13. The number of rotatable bonds is 4. The number of nitrogens with one attached hydrogen (secondary N) is 1. The van der Waals surface area contributed by atoms with Gasteiger partial charge >= 0.3 is 0 Å². The van der Waals surface area contributed by atoms with Gasteiger partial charge in [-0.15, -0.1) is 0 Å². The van der Waals surface area contributed by atoms with E-state index in [2.05, 4.69) is 10.3 Å². The molecule has 1 aliphatic carbocycles. The summed E-state index contributed by atoms with van der Waals surface area (Å²) in [5.41, 5.74) is 7.12. The molecule has 2 aromatic rings. The van der Waals surface area contributed by atoms with Gasteiger partial charge in [-0.1, -0.05) is 0 Å². The molecule has 1 amide bonds. The number of aromatic nitrogens is 2. The topological polar surface area (TPSA) is 72.9 Å². The Hall–Kier alpha value is -1.38. The van der Waals surface area contributed by atoms with E-state index in [4.69, 9.17) is 5.73 Å². The Morgan fingerprint density at radius 3 is 3.00 bits per heavy atom. The molecule has 3 rings (SSSR count). The number of halogens is 2. The Bertz CT molecular complexity index is 681. The number of aryl methyl sites for hydroxylation is 1. The number of fused-ring (bicyclic) bond motifs is 1. The van der Waals surface area contributed by atoms with Crippen LogP contribution in [-0.4, -0.2) is 21.5 Å². The summed E-state index contributed by atoms with van der Waals surface area (Å²) in [6.07, 6.45) is 2.44. The maximum Gasteiger partial charge on any atom is 0.222 e. The Morgan fingerprint density at radius 2 is 2.30 bits per heavy atom. The van der Waals surface area contributed by atoms with Crippen LogP contribution in [0.3, 0.4) is 0 Å². The van der Waals surface area contributed by atoms with Crippen molar-refractivity contribution in [3.8, 4) is 0 Å². The molecule has 1 aromatic carbocycles. The van der Waals surface area contributed by atoms with Gasteiger partial charge in [0.15, 0.2) is 0 Å². The summed E-state index contributed by atoms with van der Waals surface area (Å²) in [4.78, 5) is 15.9.